The lowest BCUT2D eigenvalue weighted by atomic mass is 9.72. The molecule has 2 aliphatic heterocycles. The lowest BCUT2D eigenvalue weighted by molar-refractivity contribution is -0.118. The summed E-state index contributed by atoms with van der Waals surface area (Å²) >= 11 is 0. The molecule has 4 bridgehead atoms. The highest BCUT2D eigenvalue weighted by Gasteiger charge is 2.34. The molecule has 2 aliphatic carbocycles. The van der Waals surface area contributed by atoms with Crippen molar-refractivity contribution in [3.05, 3.63) is 45.1 Å². The molecule has 6 rings (SSSR count). The maximum Gasteiger partial charge on any atom is 0.332 e. The lowest BCUT2D eigenvalue weighted by Gasteiger charge is -2.40. The summed E-state index contributed by atoms with van der Waals surface area (Å²) in [6.45, 7) is -0.225. The van der Waals surface area contributed by atoms with E-state index in [0.717, 1.165) is 37.5 Å². The number of nitrogens with one attached hydrogen (secondary N) is 1. The summed E-state index contributed by atoms with van der Waals surface area (Å²) in [5.74, 6) is 1.70. The van der Waals surface area contributed by atoms with E-state index in [1.165, 1.54) is 28.4 Å². The Hall–Kier alpha value is -2.41. The first-order valence-electron chi connectivity index (χ1n) is 13.3. The van der Waals surface area contributed by atoms with Crippen LogP contribution in [0.15, 0.2) is 33.9 Å². The van der Waals surface area contributed by atoms with Gasteiger partial charge in [0.1, 0.15) is 6.54 Å². The van der Waals surface area contributed by atoms with Crippen LogP contribution in [-0.4, -0.2) is 27.1 Å². The number of primary amides is 1. The molecule has 184 valence electrons. The Balaban J connectivity index is 0.000000222. The van der Waals surface area contributed by atoms with Gasteiger partial charge in [-0.3, -0.25) is 18.7 Å². The first-order chi connectivity index (χ1) is 16.5. The molecule has 2 aromatic rings. The zero-order valence-electron chi connectivity index (χ0n) is 20.1. The maximum atomic E-state index is 13.1. The van der Waals surface area contributed by atoms with E-state index in [1.54, 1.807) is 56.4 Å². The van der Waals surface area contributed by atoms with Crippen LogP contribution in [-0.2, 0) is 11.3 Å². The van der Waals surface area contributed by atoms with Crippen molar-refractivity contribution >= 4 is 16.8 Å². The van der Waals surface area contributed by atoms with Gasteiger partial charge in [-0.05, 0) is 56.1 Å². The van der Waals surface area contributed by atoms with E-state index in [2.05, 4.69) is 5.32 Å². The zero-order chi connectivity index (χ0) is 23.7. The predicted molar refractivity (Wildman–Crippen MR) is 134 cm³/mol. The van der Waals surface area contributed by atoms with Gasteiger partial charge in [0.15, 0.2) is 0 Å². The van der Waals surface area contributed by atoms with Crippen molar-refractivity contribution in [2.75, 3.05) is 0 Å². The first kappa shape index (κ1) is 23.3. The second-order valence-corrected chi connectivity index (χ2v) is 11.0. The van der Waals surface area contributed by atoms with Gasteiger partial charge in [-0.15, -0.1) is 0 Å². The van der Waals surface area contributed by atoms with Crippen LogP contribution in [0.3, 0.4) is 0 Å². The van der Waals surface area contributed by atoms with Crippen LogP contribution >= 0.6 is 0 Å². The van der Waals surface area contributed by atoms with E-state index in [-0.39, 0.29) is 18.1 Å². The average molecular weight is 467 g/mol. The summed E-state index contributed by atoms with van der Waals surface area (Å²) < 4.78 is 2.69. The van der Waals surface area contributed by atoms with Crippen molar-refractivity contribution in [2.24, 2.45) is 17.6 Å². The number of nitrogens with zero attached hydrogens (tertiary/aromatic N) is 2. The fraction of sp³-hybridized carbons (Fsp3) is 0.667. The summed E-state index contributed by atoms with van der Waals surface area (Å²) in [5.41, 5.74) is 5.08. The topological polar surface area (TPSA) is 99.1 Å². The molecule has 3 atom stereocenters. The van der Waals surface area contributed by atoms with E-state index >= 15 is 0 Å². The molecule has 1 amide bonds. The number of amides is 1. The second kappa shape index (κ2) is 10.1. The Morgan fingerprint density at radius 1 is 0.882 bits per heavy atom. The van der Waals surface area contributed by atoms with Crippen LogP contribution in [0.2, 0.25) is 0 Å². The number of carbonyl (C=O) groups is 1. The van der Waals surface area contributed by atoms with Gasteiger partial charge in [-0.1, -0.05) is 57.1 Å². The third-order valence-electron chi connectivity index (χ3n) is 8.57. The highest BCUT2D eigenvalue weighted by atomic mass is 16.2. The van der Waals surface area contributed by atoms with Gasteiger partial charge in [-0.2, -0.15) is 0 Å². The fourth-order valence-electron chi connectivity index (χ4n) is 7.04. The number of aromatic nitrogens is 2. The molecule has 0 radical (unpaired) electrons. The molecule has 3 N–H and O–H groups in total. The first-order valence-corrected chi connectivity index (χ1v) is 13.3. The van der Waals surface area contributed by atoms with E-state index in [9.17, 15) is 14.4 Å². The highest BCUT2D eigenvalue weighted by molar-refractivity contribution is 5.80. The Bertz CT molecular complexity index is 1120. The maximum absolute atomic E-state index is 13.1. The molecule has 7 heteroatoms. The van der Waals surface area contributed by atoms with Crippen molar-refractivity contribution < 1.29 is 4.79 Å². The van der Waals surface area contributed by atoms with Gasteiger partial charge < -0.3 is 11.1 Å². The molecular weight excluding hydrogens is 428 g/mol. The molecule has 1 aromatic heterocycles. The summed E-state index contributed by atoms with van der Waals surface area (Å²) in [6.07, 6.45) is 15.7. The summed E-state index contributed by atoms with van der Waals surface area (Å²) in [5, 5.41) is 4.03. The summed E-state index contributed by atoms with van der Waals surface area (Å²) in [4.78, 5) is 37.5. The number of rotatable bonds is 3. The molecule has 2 unspecified atom stereocenters. The molecule has 34 heavy (non-hydrogen) atoms. The molecule has 1 aromatic carbocycles. The van der Waals surface area contributed by atoms with Gasteiger partial charge in [0, 0.05) is 18.1 Å². The number of piperidine rings is 2. The number of nitrogens with two attached hydrogens (primary N) is 1. The van der Waals surface area contributed by atoms with Crippen molar-refractivity contribution in [3.8, 4) is 0 Å². The molecule has 0 spiro atoms. The monoisotopic (exact) mass is 466 g/mol. The quantitative estimate of drug-likeness (QED) is 0.723. The van der Waals surface area contributed by atoms with E-state index in [4.69, 9.17) is 5.73 Å². The average Bonchev–Trinajstić information content (AvgIpc) is 2.82. The minimum Gasteiger partial charge on any atom is -0.368 e. The Labute approximate surface area is 200 Å². The van der Waals surface area contributed by atoms with Crippen molar-refractivity contribution in [1.29, 1.82) is 0 Å². The van der Waals surface area contributed by atoms with Gasteiger partial charge in [0.25, 0.3) is 5.56 Å². The number of para-hydroxylation sites is 1. The fourth-order valence-corrected chi connectivity index (χ4v) is 7.04. The molecule has 2 saturated carbocycles. The predicted octanol–water partition coefficient (Wildman–Crippen LogP) is 3.47. The largest absolute Gasteiger partial charge is 0.368 e. The minimum atomic E-state index is -0.598. The molecule has 2 saturated heterocycles. The minimum absolute atomic E-state index is 0.139. The molecular formula is C27H38N4O3. The molecule has 4 aliphatic rings. The van der Waals surface area contributed by atoms with Gasteiger partial charge in [0.2, 0.25) is 5.91 Å². The Morgan fingerprint density at radius 2 is 1.47 bits per heavy atom. The number of carbonyl (C=O) groups excluding carboxylic acids is 1. The second-order valence-electron chi connectivity index (χ2n) is 11.0. The van der Waals surface area contributed by atoms with Gasteiger partial charge in [0.05, 0.1) is 10.9 Å². The standard InChI is InChI=1S/C18H22N4O3.C9H16/c19-16(23)10-21-15-7-2-1-6-14(15)17(24)22(18(21)25)13-8-11-4-3-5-12(9-13)20-11;1-3-8-5-2-6-9(4-1)7-8/h1-2,6-7,11-13,20H,3-5,8-10H2,(H2,19,23);8-9H,1-7H2/t11-,12?,13?;/m1./s1. The smallest absolute Gasteiger partial charge is 0.332 e. The lowest BCUT2D eigenvalue weighted by Crippen LogP contribution is -2.53. The number of hydrogen-bond donors (Lipinski definition) is 2. The Kier molecular flexibility index (Phi) is 6.91. The zero-order valence-corrected chi connectivity index (χ0v) is 20.1. The summed E-state index contributed by atoms with van der Waals surface area (Å²) in [7, 11) is 0. The van der Waals surface area contributed by atoms with Crippen molar-refractivity contribution in [2.45, 2.75) is 102 Å². The molecule has 3 heterocycles. The highest BCUT2D eigenvalue weighted by Crippen LogP contribution is 2.39. The van der Waals surface area contributed by atoms with Crippen molar-refractivity contribution in [3.63, 3.8) is 0 Å². The third kappa shape index (κ3) is 4.85. The molecule has 4 fully saturated rings. The number of benzene rings is 1. The van der Waals surface area contributed by atoms with Crippen LogP contribution in [0.1, 0.15) is 83.1 Å². The van der Waals surface area contributed by atoms with Crippen LogP contribution in [0.25, 0.3) is 10.9 Å². The van der Waals surface area contributed by atoms with Gasteiger partial charge >= 0.3 is 5.69 Å². The number of hydrogen-bond acceptors (Lipinski definition) is 4. The van der Waals surface area contributed by atoms with Gasteiger partial charge in [-0.25, -0.2) is 4.79 Å². The van der Waals surface area contributed by atoms with E-state index in [0.29, 0.717) is 23.0 Å². The van der Waals surface area contributed by atoms with E-state index in [1.807, 2.05) is 0 Å². The van der Waals surface area contributed by atoms with Crippen LogP contribution < -0.4 is 22.3 Å². The van der Waals surface area contributed by atoms with E-state index < -0.39 is 11.6 Å². The van der Waals surface area contributed by atoms with Crippen LogP contribution in [0.4, 0.5) is 0 Å². The Morgan fingerprint density at radius 3 is 2.06 bits per heavy atom. The van der Waals surface area contributed by atoms with Crippen molar-refractivity contribution in [1.82, 2.24) is 14.5 Å². The van der Waals surface area contributed by atoms with Crippen LogP contribution in [0.5, 0.6) is 0 Å². The van der Waals surface area contributed by atoms with Crippen LogP contribution in [0, 0.1) is 11.8 Å². The number of fused-ring (bicyclic) bond motifs is 5. The normalized spacial score (nSPS) is 30.3. The SMILES string of the molecule is C1CC2CCCC(C1)C2.NC(=O)Cn1c(=O)n(C2CC3CCC[C@H](C2)N3)c(=O)c2ccccc21. The molecule has 7 nitrogen and oxygen atoms in total. The summed E-state index contributed by atoms with van der Waals surface area (Å²) in [6, 6.07) is 7.46. The third-order valence-corrected chi connectivity index (χ3v) is 8.57.